The number of carbonyl (C=O) groups is 1. The molecule has 0 saturated carbocycles. The molecule has 104 valence electrons. The molecule has 0 aromatic carbocycles. The summed E-state index contributed by atoms with van der Waals surface area (Å²) in [6.45, 7) is 8.42. The molecule has 3 nitrogen and oxygen atoms in total. The van der Waals surface area contributed by atoms with Crippen LogP contribution in [0.25, 0.3) is 0 Å². The van der Waals surface area contributed by atoms with E-state index in [1.165, 1.54) is 6.08 Å². The second-order valence-electron chi connectivity index (χ2n) is 5.82. The zero-order valence-corrected chi connectivity index (χ0v) is 11.6. The number of aliphatic hydroxyl groups excluding tert-OH is 1. The first-order valence-electron chi connectivity index (χ1n) is 6.86. The molecule has 0 aromatic heterocycles. The predicted octanol–water partition coefficient (Wildman–Crippen LogP) is 2.97. The van der Waals surface area contributed by atoms with E-state index in [2.05, 4.69) is 32.6 Å². The predicted molar refractivity (Wildman–Crippen MR) is 74.1 cm³/mol. The highest BCUT2D eigenvalue weighted by molar-refractivity contribution is 5.90. The van der Waals surface area contributed by atoms with Gasteiger partial charge in [-0.25, -0.2) is 4.79 Å². The molecular weight excluding hydrogens is 240 g/mol. The third kappa shape index (κ3) is 2.66. The van der Waals surface area contributed by atoms with Crippen molar-refractivity contribution >= 4 is 5.97 Å². The molecule has 1 N–H and O–H groups in total. The maximum absolute atomic E-state index is 11.5. The maximum atomic E-state index is 11.5. The lowest BCUT2D eigenvalue weighted by Gasteiger charge is -2.42. The van der Waals surface area contributed by atoms with E-state index in [0.29, 0.717) is 23.8 Å². The number of carbonyl (C=O) groups excluding carboxylic acids is 1. The van der Waals surface area contributed by atoms with Crippen LogP contribution in [0.4, 0.5) is 0 Å². The first kappa shape index (κ1) is 14.1. The minimum atomic E-state index is -1.06. The van der Waals surface area contributed by atoms with Gasteiger partial charge in [-0.05, 0) is 36.7 Å². The smallest absolute Gasteiger partial charge is 0.336 e. The topological polar surface area (TPSA) is 46.5 Å². The lowest BCUT2D eigenvalue weighted by atomic mass is 9.62. The Morgan fingerprint density at radius 3 is 2.95 bits per heavy atom. The Kier molecular flexibility index (Phi) is 3.95. The standard InChI is InChI=1S/C16H22O3/c1-4-13-7-5-6-11(2)16(13,3)9-8-12-10-14(17)19-15(12)18/h4-5,7,10-11,13-14,17H,1,6,8-9H2,2-3H3/t11-,13?,14?,16-/m1/s1. The zero-order chi connectivity index (χ0) is 14.0. The second-order valence-corrected chi connectivity index (χ2v) is 5.82. The van der Waals surface area contributed by atoms with Gasteiger partial charge in [-0.15, -0.1) is 6.58 Å². The van der Waals surface area contributed by atoms with E-state index in [0.717, 1.165) is 12.8 Å². The minimum absolute atomic E-state index is 0.102. The van der Waals surface area contributed by atoms with Gasteiger partial charge in [-0.2, -0.15) is 0 Å². The van der Waals surface area contributed by atoms with Gasteiger partial charge >= 0.3 is 5.97 Å². The summed E-state index contributed by atoms with van der Waals surface area (Å²) in [7, 11) is 0. The third-order valence-electron chi connectivity index (χ3n) is 4.74. The number of hydrogen-bond acceptors (Lipinski definition) is 3. The van der Waals surface area contributed by atoms with Crippen LogP contribution >= 0.6 is 0 Å². The van der Waals surface area contributed by atoms with Crippen molar-refractivity contribution < 1.29 is 14.6 Å². The summed E-state index contributed by atoms with van der Waals surface area (Å²) in [5, 5.41) is 9.27. The molecule has 0 bridgehead atoms. The van der Waals surface area contributed by atoms with E-state index in [1.54, 1.807) is 0 Å². The molecule has 0 aromatic rings. The number of aliphatic hydroxyl groups is 1. The number of ether oxygens (including phenoxy) is 1. The van der Waals surface area contributed by atoms with E-state index < -0.39 is 6.29 Å². The van der Waals surface area contributed by atoms with Gasteiger partial charge in [0.05, 0.1) is 0 Å². The van der Waals surface area contributed by atoms with Crippen molar-refractivity contribution in [1.82, 2.24) is 0 Å². The monoisotopic (exact) mass is 262 g/mol. The van der Waals surface area contributed by atoms with Crippen LogP contribution in [0.15, 0.2) is 36.5 Å². The molecule has 2 rings (SSSR count). The van der Waals surface area contributed by atoms with Crippen molar-refractivity contribution in [3.8, 4) is 0 Å². The molecule has 4 atom stereocenters. The van der Waals surface area contributed by atoms with Crippen molar-refractivity contribution in [3.63, 3.8) is 0 Å². The molecule has 1 aliphatic carbocycles. The normalized spacial score (nSPS) is 37.9. The van der Waals surface area contributed by atoms with Gasteiger partial charge in [0.2, 0.25) is 6.29 Å². The molecule has 1 aliphatic heterocycles. The van der Waals surface area contributed by atoms with Crippen LogP contribution in [-0.4, -0.2) is 17.4 Å². The largest absolute Gasteiger partial charge is 0.429 e. The molecule has 0 spiro atoms. The molecule has 19 heavy (non-hydrogen) atoms. The Morgan fingerprint density at radius 1 is 1.63 bits per heavy atom. The van der Waals surface area contributed by atoms with Crippen molar-refractivity contribution in [3.05, 3.63) is 36.5 Å². The first-order chi connectivity index (χ1) is 8.97. The van der Waals surface area contributed by atoms with E-state index >= 15 is 0 Å². The Morgan fingerprint density at radius 2 is 2.37 bits per heavy atom. The van der Waals surface area contributed by atoms with Crippen LogP contribution in [0, 0.1) is 17.3 Å². The Labute approximate surface area is 114 Å². The zero-order valence-electron chi connectivity index (χ0n) is 11.6. The van der Waals surface area contributed by atoms with Crippen LogP contribution in [-0.2, 0) is 9.53 Å². The number of cyclic esters (lactones) is 1. The van der Waals surface area contributed by atoms with Gasteiger partial charge in [0.1, 0.15) is 0 Å². The first-order valence-corrected chi connectivity index (χ1v) is 6.86. The van der Waals surface area contributed by atoms with Crippen LogP contribution < -0.4 is 0 Å². The highest BCUT2D eigenvalue weighted by Crippen LogP contribution is 2.46. The number of rotatable bonds is 4. The lowest BCUT2D eigenvalue weighted by molar-refractivity contribution is -0.151. The van der Waals surface area contributed by atoms with Crippen LogP contribution in [0.5, 0.6) is 0 Å². The molecule has 3 heteroatoms. The van der Waals surface area contributed by atoms with E-state index in [-0.39, 0.29) is 11.4 Å². The molecule has 2 unspecified atom stereocenters. The number of allylic oxidation sites excluding steroid dienone is 3. The fourth-order valence-electron chi connectivity index (χ4n) is 3.06. The molecule has 0 radical (unpaired) electrons. The molecule has 2 aliphatic rings. The average molecular weight is 262 g/mol. The average Bonchev–Trinajstić information content (AvgIpc) is 2.69. The highest BCUT2D eigenvalue weighted by Gasteiger charge is 2.38. The van der Waals surface area contributed by atoms with Gasteiger partial charge in [0, 0.05) is 11.5 Å². The van der Waals surface area contributed by atoms with Crippen molar-refractivity contribution in [2.24, 2.45) is 17.3 Å². The summed E-state index contributed by atoms with van der Waals surface area (Å²) in [5.74, 6) is 0.493. The molecular formula is C16H22O3. The van der Waals surface area contributed by atoms with Crippen LogP contribution in [0.1, 0.15) is 33.1 Å². The summed E-state index contributed by atoms with van der Waals surface area (Å²) in [4.78, 5) is 11.5. The molecule has 0 fully saturated rings. The van der Waals surface area contributed by atoms with Gasteiger partial charge in [-0.1, -0.05) is 32.1 Å². The fourth-order valence-corrected chi connectivity index (χ4v) is 3.06. The number of hydrogen-bond donors (Lipinski definition) is 1. The highest BCUT2D eigenvalue weighted by atomic mass is 16.6. The summed E-state index contributed by atoms with van der Waals surface area (Å²) >= 11 is 0. The van der Waals surface area contributed by atoms with Crippen LogP contribution in [0.2, 0.25) is 0 Å². The van der Waals surface area contributed by atoms with Crippen LogP contribution in [0.3, 0.4) is 0 Å². The summed E-state index contributed by atoms with van der Waals surface area (Å²) in [6, 6.07) is 0. The van der Waals surface area contributed by atoms with Gasteiger partial charge < -0.3 is 9.84 Å². The SMILES string of the molecule is C=CC1C=CC[C@@H](C)[C@@]1(C)CCC1=CC(O)OC1=O. The van der Waals surface area contributed by atoms with Gasteiger partial charge in [0.15, 0.2) is 0 Å². The summed E-state index contributed by atoms with van der Waals surface area (Å²) < 4.78 is 4.72. The maximum Gasteiger partial charge on any atom is 0.336 e. The Hall–Kier alpha value is -1.35. The molecule has 0 amide bonds. The number of esters is 1. The quantitative estimate of drug-likeness (QED) is 0.626. The van der Waals surface area contributed by atoms with Crippen molar-refractivity contribution in [1.29, 1.82) is 0 Å². The van der Waals surface area contributed by atoms with Gasteiger partial charge in [0.25, 0.3) is 0 Å². The molecule has 1 heterocycles. The van der Waals surface area contributed by atoms with E-state index in [1.807, 2.05) is 6.08 Å². The summed E-state index contributed by atoms with van der Waals surface area (Å²) in [6.07, 6.45) is 9.47. The van der Waals surface area contributed by atoms with E-state index in [4.69, 9.17) is 4.74 Å². The second kappa shape index (κ2) is 5.33. The Bertz CT molecular complexity index is 435. The van der Waals surface area contributed by atoms with Gasteiger partial charge in [-0.3, -0.25) is 0 Å². The summed E-state index contributed by atoms with van der Waals surface area (Å²) in [5.41, 5.74) is 0.698. The van der Waals surface area contributed by atoms with Crippen molar-refractivity contribution in [2.75, 3.05) is 0 Å². The molecule has 0 saturated heterocycles. The fraction of sp³-hybridized carbons (Fsp3) is 0.562. The minimum Gasteiger partial charge on any atom is -0.429 e. The third-order valence-corrected chi connectivity index (χ3v) is 4.74. The lowest BCUT2D eigenvalue weighted by Crippen LogP contribution is -2.34. The van der Waals surface area contributed by atoms with Crippen molar-refractivity contribution in [2.45, 2.75) is 39.4 Å². The van der Waals surface area contributed by atoms with E-state index in [9.17, 15) is 9.90 Å². The Balaban J connectivity index is 2.08.